The van der Waals surface area contributed by atoms with Gasteiger partial charge in [-0.15, -0.1) is 0 Å². The number of aliphatic hydroxyl groups is 1. The molecule has 0 amide bonds. The van der Waals surface area contributed by atoms with Crippen LogP contribution in [0.4, 0.5) is 4.39 Å². The Morgan fingerprint density at radius 3 is 2.71 bits per heavy atom. The van der Waals surface area contributed by atoms with E-state index in [1.54, 1.807) is 0 Å². The number of halogens is 1. The molecule has 0 unspecified atom stereocenters. The van der Waals surface area contributed by atoms with Crippen molar-refractivity contribution in [2.75, 3.05) is 26.4 Å². The van der Waals surface area contributed by atoms with Gasteiger partial charge in [-0.1, -0.05) is 0 Å². The highest BCUT2D eigenvalue weighted by molar-refractivity contribution is 5.90. The third-order valence-electron chi connectivity index (χ3n) is 1.89. The summed E-state index contributed by atoms with van der Waals surface area (Å²) < 4.78 is 22.9. The van der Waals surface area contributed by atoms with Crippen molar-refractivity contribution < 1.29 is 28.9 Å². The number of hydrogen-bond acceptors (Lipinski definition) is 4. The molecule has 17 heavy (non-hydrogen) atoms. The van der Waals surface area contributed by atoms with Crippen LogP contribution >= 0.6 is 0 Å². The quantitative estimate of drug-likeness (QED) is 0.697. The average Bonchev–Trinajstić information content (AvgIpc) is 2.30. The Hall–Kier alpha value is -1.66. The number of benzene rings is 1. The number of ether oxygens (including phenoxy) is 2. The van der Waals surface area contributed by atoms with Crippen LogP contribution in [0.2, 0.25) is 0 Å². The zero-order valence-electron chi connectivity index (χ0n) is 9.06. The maximum Gasteiger partial charge on any atom is 0.339 e. The van der Waals surface area contributed by atoms with E-state index in [2.05, 4.69) is 0 Å². The standard InChI is InChI=1S/C11H13FO5/c12-8-1-2-10(9(7-8)11(14)15)17-6-5-16-4-3-13/h1-2,7,13H,3-6H2,(H,14,15). The van der Waals surface area contributed by atoms with Crippen LogP contribution in [0.25, 0.3) is 0 Å². The number of rotatable bonds is 7. The van der Waals surface area contributed by atoms with E-state index < -0.39 is 11.8 Å². The van der Waals surface area contributed by atoms with Crippen molar-refractivity contribution in [1.29, 1.82) is 0 Å². The highest BCUT2D eigenvalue weighted by atomic mass is 19.1. The molecule has 1 aromatic rings. The molecule has 0 aliphatic rings. The molecule has 0 fully saturated rings. The zero-order chi connectivity index (χ0) is 12.7. The molecule has 0 radical (unpaired) electrons. The first-order valence-corrected chi connectivity index (χ1v) is 4.99. The number of aromatic carboxylic acids is 1. The summed E-state index contributed by atoms with van der Waals surface area (Å²) in [6.07, 6.45) is 0. The maximum absolute atomic E-state index is 12.8. The average molecular weight is 244 g/mol. The molecule has 1 aromatic carbocycles. The van der Waals surface area contributed by atoms with E-state index in [-0.39, 0.29) is 37.7 Å². The fourth-order valence-electron chi connectivity index (χ4n) is 1.17. The monoisotopic (exact) mass is 244 g/mol. The van der Waals surface area contributed by atoms with Gasteiger partial charge in [0, 0.05) is 0 Å². The Morgan fingerprint density at radius 1 is 1.29 bits per heavy atom. The summed E-state index contributed by atoms with van der Waals surface area (Å²) in [6, 6.07) is 3.27. The first-order chi connectivity index (χ1) is 8.15. The van der Waals surface area contributed by atoms with Crippen LogP contribution in [-0.2, 0) is 4.74 Å². The minimum Gasteiger partial charge on any atom is -0.490 e. The summed E-state index contributed by atoms with van der Waals surface area (Å²) in [7, 11) is 0. The Bertz CT molecular complexity index is 380. The molecule has 0 spiro atoms. The lowest BCUT2D eigenvalue weighted by Gasteiger charge is -2.09. The van der Waals surface area contributed by atoms with Gasteiger partial charge in [-0.25, -0.2) is 9.18 Å². The summed E-state index contributed by atoms with van der Waals surface area (Å²) in [4.78, 5) is 10.8. The third kappa shape index (κ3) is 4.38. The summed E-state index contributed by atoms with van der Waals surface area (Å²) >= 11 is 0. The van der Waals surface area contributed by atoms with Gasteiger partial charge in [0.15, 0.2) is 0 Å². The van der Waals surface area contributed by atoms with Crippen LogP contribution in [0.15, 0.2) is 18.2 Å². The molecule has 0 saturated carbocycles. The van der Waals surface area contributed by atoms with Gasteiger partial charge < -0.3 is 19.7 Å². The summed E-state index contributed by atoms with van der Waals surface area (Å²) in [6.45, 7) is 0.457. The van der Waals surface area contributed by atoms with E-state index in [1.165, 1.54) is 6.07 Å². The van der Waals surface area contributed by atoms with E-state index in [0.717, 1.165) is 12.1 Å². The molecule has 1 rings (SSSR count). The predicted molar refractivity (Wildman–Crippen MR) is 56.8 cm³/mol. The van der Waals surface area contributed by atoms with Gasteiger partial charge in [-0.3, -0.25) is 0 Å². The molecule has 0 heterocycles. The van der Waals surface area contributed by atoms with Crippen LogP contribution in [0, 0.1) is 5.82 Å². The zero-order valence-corrected chi connectivity index (χ0v) is 9.06. The first kappa shape index (κ1) is 13.4. The van der Waals surface area contributed by atoms with Gasteiger partial charge in [0.25, 0.3) is 0 Å². The molecule has 0 aliphatic carbocycles. The maximum atomic E-state index is 12.8. The van der Waals surface area contributed by atoms with E-state index in [0.29, 0.717) is 0 Å². The number of carboxylic acids is 1. The smallest absolute Gasteiger partial charge is 0.339 e. The first-order valence-electron chi connectivity index (χ1n) is 4.99. The van der Waals surface area contributed by atoms with Gasteiger partial charge in [0.05, 0.1) is 19.8 Å². The Balaban J connectivity index is 2.55. The molecule has 0 bridgehead atoms. The van der Waals surface area contributed by atoms with E-state index >= 15 is 0 Å². The van der Waals surface area contributed by atoms with Gasteiger partial charge in [-0.05, 0) is 18.2 Å². The molecule has 0 saturated heterocycles. The molecule has 0 aromatic heterocycles. The summed E-state index contributed by atoms with van der Waals surface area (Å²) in [5.74, 6) is -1.80. The number of carbonyl (C=O) groups is 1. The van der Waals surface area contributed by atoms with Crippen molar-refractivity contribution in [2.45, 2.75) is 0 Å². The topological polar surface area (TPSA) is 76.0 Å². The highest BCUT2D eigenvalue weighted by Gasteiger charge is 2.12. The molecule has 2 N–H and O–H groups in total. The van der Waals surface area contributed by atoms with Crippen LogP contribution in [-0.4, -0.2) is 42.6 Å². The predicted octanol–water partition coefficient (Wildman–Crippen LogP) is 0.912. The third-order valence-corrected chi connectivity index (χ3v) is 1.89. The molecule has 94 valence electrons. The molecular weight excluding hydrogens is 231 g/mol. The lowest BCUT2D eigenvalue weighted by atomic mass is 10.2. The van der Waals surface area contributed by atoms with E-state index in [1.807, 2.05) is 0 Å². The lowest BCUT2D eigenvalue weighted by molar-refractivity contribution is 0.0656. The van der Waals surface area contributed by atoms with Gasteiger partial charge in [-0.2, -0.15) is 0 Å². The number of carboxylic acid groups (broad SMARTS) is 1. The molecule has 6 heteroatoms. The summed E-state index contributed by atoms with van der Waals surface area (Å²) in [5.41, 5.74) is -0.229. The minimum atomic E-state index is -1.25. The van der Waals surface area contributed by atoms with Crippen molar-refractivity contribution in [1.82, 2.24) is 0 Å². The highest BCUT2D eigenvalue weighted by Crippen LogP contribution is 2.19. The number of hydrogen-bond donors (Lipinski definition) is 2. The fourth-order valence-corrected chi connectivity index (χ4v) is 1.17. The second-order valence-corrected chi connectivity index (χ2v) is 3.13. The van der Waals surface area contributed by atoms with Crippen LogP contribution in [0.5, 0.6) is 5.75 Å². The molecule has 5 nitrogen and oxygen atoms in total. The van der Waals surface area contributed by atoms with Gasteiger partial charge >= 0.3 is 5.97 Å². The van der Waals surface area contributed by atoms with Crippen molar-refractivity contribution in [3.8, 4) is 5.75 Å². The minimum absolute atomic E-state index is 0.0864. The van der Waals surface area contributed by atoms with Crippen LogP contribution in [0.3, 0.4) is 0 Å². The van der Waals surface area contributed by atoms with Crippen molar-refractivity contribution >= 4 is 5.97 Å². The normalized spacial score (nSPS) is 10.2. The Labute approximate surface area is 97.4 Å². The second kappa shape index (κ2) is 6.82. The number of aliphatic hydroxyl groups excluding tert-OH is 1. The Kier molecular flexibility index (Phi) is 5.38. The van der Waals surface area contributed by atoms with E-state index in [4.69, 9.17) is 19.7 Å². The van der Waals surface area contributed by atoms with Crippen molar-refractivity contribution in [3.05, 3.63) is 29.6 Å². The summed E-state index contributed by atoms with van der Waals surface area (Å²) in [5, 5.41) is 17.3. The van der Waals surface area contributed by atoms with Crippen LogP contribution in [0.1, 0.15) is 10.4 Å². The Morgan fingerprint density at radius 2 is 2.06 bits per heavy atom. The molecule has 0 atom stereocenters. The van der Waals surface area contributed by atoms with Crippen LogP contribution < -0.4 is 4.74 Å². The molecular formula is C11H13FO5. The lowest BCUT2D eigenvalue weighted by Crippen LogP contribution is -2.11. The van der Waals surface area contributed by atoms with Gasteiger partial charge in [0.2, 0.25) is 0 Å². The van der Waals surface area contributed by atoms with E-state index in [9.17, 15) is 9.18 Å². The largest absolute Gasteiger partial charge is 0.490 e. The van der Waals surface area contributed by atoms with Crippen molar-refractivity contribution in [3.63, 3.8) is 0 Å². The fraction of sp³-hybridized carbons (Fsp3) is 0.364. The SMILES string of the molecule is O=C(O)c1cc(F)ccc1OCCOCCO. The van der Waals surface area contributed by atoms with Crippen molar-refractivity contribution in [2.24, 2.45) is 0 Å². The van der Waals surface area contributed by atoms with Gasteiger partial charge in [0.1, 0.15) is 23.7 Å². The molecule has 0 aliphatic heterocycles. The second-order valence-electron chi connectivity index (χ2n) is 3.13.